The van der Waals surface area contributed by atoms with Gasteiger partial charge in [-0.1, -0.05) is 56.2 Å². The first kappa shape index (κ1) is 16.3. The zero-order valence-electron chi connectivity index (χ0n) is 11.7. The predicted octanol–water partition coefficient (Wildman–Crippen LogP) is 4.89. The van der Waals surface area contributed by atoms with Gasteiger partial charge in [-0.3, -0.25) is 0 Å². The number of hydrogen-bond acceptors (Lipinski definition) is 0. The molecule has 0 saturated heterocycles. The summed E-state index contributed by atoms with van der Waals surface area (Å²) in [6.07, 6.45) is 1.05. The average molecular weight is 416 g/mol. The zero-order chi connectivity index (χ0) is 13.2. The smallest absolute Gasteiger partial charge is 0 e. The van der Waals surface area contributed by atoms with Gasteiger partial charge in [0, 0.05) is 25.8 Å². The Labute approximate surface area is 135 Å². The van der Waals surface area contributed by atoms with Crippen molar-refractivity contribution in [2.45, 2.75) is 32.7 Å². The van der Waals surface area contributed by atoms with E-state index in [9.17, 15) is 0 Å². The summed E-state index contributed by atoms with van der Waals surface area (Å²) in [5.41, 5.74) is 12.2. The Morgan fingerprint density at radius 3 is 2.26 bits per heavy atom. The molecular weight excluding hydrogens is 397 g/mol. The van der Waals surface area contributed by atoms with Gasteiger partial charge >= 0.3 is 0 Å². The largest absolute Gasteiger partial charge is 0.673 e. The molecule has 0 heterocycles. The second-order valence-corrected chi connectivity index (χ2v) is 5.65. The van der Waals surface area contributed by atoms with Crippen molar-refractivity contribution in [2.24, 2.45) is 0 Å². The molecule has 0 spiro atoms. The number of fused-ring (bicyclic) bond motifs is 3. The summed E-state index contributed by atoms with van der Waals surface area (Å²) < 4.78 is 0. The Kier molecular flexibility index (Phi) is 5.69. The predicted molar refractivity (Wildman–Crippen MR) is 77.6 cm³/mol. The number of nitrogens with one attached hydrogen (secondary N) is 1. The average Bonchev–Trinajstić information content (AvgIpc) is 2.65. The van der Waals surface area contributed by atoms with Crippen LogP contribution in [0.5, 0.6) is 0 Å². The minimum Gasteiger partial charge on any atom is -0.673 e. The third kappa shape index (κ3) is 4.70. The molecule has 0 aliphatic heterocycles. The fourth-order valence-corrected chi connectivity index (χ4v) is 2.00. The molecule has 0 amide bonds. The van der Waals surface area contributed by atoms with Crippen LogP contribution in [0, 0.1) is 6.07 Å². The molecule has 1 N–H and O–H groups in total. The van der Waals surface area contributed by atoms with E-state index >= 15 is 0 Å². The van der Waals surface area contributed by atoms with Crippen molar-refractivity contribution in [3.8, 4) is 11.1 Å². The second kappa shape index (κ2) is 6.62. The van der Waals surface area contributed by atoms with Crippen LogP contribution in [-0.4, -0.2) is 5.54 Å². The first-order valence-electron chi connectivity index (χ1n) is 6.28. The number of hydrogen-bond donors (Lipinski definition) is 0. The van der Waals surface area contributed by atoms with Crippen LogP contribution in [0.1, 0.15) is 31.9 Å². The first-order chi connectivity index (χ1) is 8.45. The molecule has 1 aliphatic carbocycles. The van der Waals surface area contributed by atoms with Crippen molar-refractivity contribution < 1.29 is 25.8 Å². The molecule has 1 nitrogen and oxygen atoms in total. The minimum atomic E-state index is -0.250. The number of benzene rings is 2. The molecule has 2 aromatic carbocycles. The van der Waals surface area contributed by atoms with E-state index < -0.39 is 0 Å². The molecule has 1 aliphatic rings. The third-order valence-electron chi connectivity index (χ3n) is 2.62. The molecule has 0 unspecified atom stereocenters. The van der Waals surface area contributed by atoms with Gasteiger partial charge in [0.05, 0.1) is 0 Å². The maximum Gasteiger partial charge on any atom is 0 e. The second-order valence-electron chi connectivity index (χ2n) is 5.65. The van der Waals surface area contributed by atoms with Gasteiger partial charge in [-0.15, -0.1) is 11.1 Å². The van der Waals surface area contributed by atoms with Crippen LogP contribution in [0.3, 0.4) is 0 Å². The van der Waals surface area contributed by atoms with Gasteiger partial charge in [0.25, 0.3) is 0 Å². The van der Waals surface area contributed by atoms with Crippen LogP contribution in [-0.2, 0) is 32.3 Å². The maximum atomic E-state index is 6.94. The maximum absolute atomic E-state index is 6.94. The molecule has 0 saturated carbocycles. The standard InChI is InChI=1S/C13H9.C4H10N.Hf/c1-3-7-12-10(5-1)9-11-6-2-4-8-13(11)12;1-4(2,3)5;/h1-5,7-8H,9H2;5H,1-3H3;/q2*-1;. The van der Waals surface area contributed by atoms with Gasteiger partial charge in [0.15, 0.2) is 0 Å². The summed E-state index contributed by atoms with van der Waals surface area (Å²) in [7, 11) is 0. The SMILES string of the molecule is CC(C)(C)[NH-].[Hf].[c-]1cccc2c1Cc1ccccc1-2. The van der Waals surface area contributed by atoms with Gasteiger partial charge in [-0.2, -0.15) is 29.8 Å². The Morgan fingerprint density at radius 2 is 1.58 bits per heavy atom. The van der Waals surface area contributed by atoms with Crippen molar-refractivity contribution in [1.82, 2.24) is 0 Å². The van der Waals surface area contributed by atoms with E-state index in [0.717, 1.165) is 6.42 Å². The van der Waals surface area contributed by atoms with Crippen molar-refractivity contribution in [1.29, 1.82) is 0 Å². The summed E-state index contributed by atoms with van der Waals surface area (Å²) >= 11 is 0. The monoisotopic (exact) mass is 417 g/mol. The molecule has 98 valence electrons. The van der Waals surface area contributed by atoms with E-state index in [0.29, 0.717) is 0 Å². The Morgan fingerprint density at radius 1 is 1.00 bits per heavy atom. The van der Waals surface area contributed by atoms with E-state index in [1.54, 1.807) is 0 Å². The molecule has 2 aromatic rings. The van der Waals surface area contributed by atoms with E-state index in [1.807, 2.05) is 26.8 Å². The molecular formula is C17H19HfN-2. The van der Waals surface area contributed by atoms with Gasteiger partial charge in [0.1, 0.15) is 0 Å². The quantitative estimate of drug-likeness (QED) is 0.368. The first-order valence-corrected chi connectivity index (χ1v) is 6.28. The van der Waals surface area contributed by atoms with Crippen molar-refractivity contribution >= 4 is 0 Å². The molecule has 0 radical (unpaired) electrons. The Bertz CT molecular complexity index is 491. The third-order valence-corrected chi connectivity index (χ3v) is 2.62. The molecule has 19 heavy (non-hydrogen) atoms. The van der Waals surface area contributed by atoms with Crippen LogP contribution >= 0.6 is 0 Å². The Hall–Kier alpha value is -0.730. The van der Waals surface area contributed by atoms with Crippen molar-refractivity contribution in [3.63, 3.8) is 0 Å². The summed E-state index contributed by atoms with van der Waals surface area (Å²) in [5, 5.41) is 0. The summed E-state index contributed by atoms with van der Waals surface area (Å²) in [4.78, 5) is 0. The van der Waals surface area contributed by atoms with Crippen LogP contribution in [0.2, 0.25) is 0 Å². The Balaban J connectivity index is 0.000000265. The zero-order valence-corrected chi connectivity index (χ0v) is 15.3. The normalized spacial score (nSPS) is 11.6. The molecule has 0 atom stereocenters. The van der Waals surface area contributed by atoms with Crippen LogP contribution < -0.4 is 0 Å². The van der Waals surface area contributed by atoms with Gasteiger partial charge < -0.3 is 5.73 Å². The molecule has 2 heteroatoms. The van der Waals surface area contributed by atoms with Gasteiger partial charge in [0.2, 0.25) is 0 Å². The topological polar surface area (TPSA) is 23.8 Å². The molecule has 0 aromatic heterocycles. The fourth-order valence-electron chi connectivity index (χ4n) is 2.00. The fraction of sp³-hybridized carbons (Fsp3) is 0.294. The number of rotatable bonds is 0. The van der Waals surface area contributed by atoms with Crippen LogP contribution in [0.25, 0.3) is 16.9 Å². The van der Waals surface area contributed by atoms with Gasteiger partial charge in [-0.05, 0) is 6.42 Å². The van der Waals surface area contributed by atoms with E-state index in [4.69, 9.17) is 5.73 Å². The van der Waals surface area contributed by atoms with Crippen LogP contribution in [0.4, 0.5) is 0 Å². The van der Waals surface area contributed by atoms with Crippen molar-refractivity contribution in [3.05, 3.63) is 65.4 Å². The van der Waals surface area contributed by atoms with E-state index in [-0.39, 0.29) is 31.4 Å². The van der Waals surface area contributed by atoms with Crippen LogP contribution in [0.15, 0.2) is 42.5 Å². The molecule has 0 fully saturated rings. The summed E-state index contributed by atoms with van der Waals surface area (Å²) in [5.74, 6) is 0. The van der Waals surface area contributed by atoms with E-state index in [2.05, 4.69) is 42.5 Å². The summed E-state index contributed by atoms with van der Waals surface area (Å²) in [6, 6.07) is 18.1. The molecule has 3 rings (SSSR count). The summed E-state index contributed by atoms with van der Waals surface area (Å²) in [6.45, 7) is 5.56. The molecule has 0 bridgehead atoms. The van der Waals surface area contributed by atoms with E-state index in [1.165, 1.54) is 22.3 Å². The van der Waals surface area contributed by atoms with Crippen molar-refractivity contribution in [2.75, 3.05) is 0 Å². The minimum absolute atomic E-state index is 0. The van der Waals surface area contributed by atoms with Gasteiger partial charge in [-0.25, -0.2) is 0 Å².